The van der Waals surface area contributed by atoms with Gasteiger partial charge in [-0.1, -0.05) is 27.7 Å². The maximum absolute atomic E-state index is 13.9. The number of nitrogens with zero attached hydrogens (tertiary/aromatic N) is 1. The molecule has 0 radical (unpaired) electrons. The lowest BCUT2D eigenvalue weighted by Crippen LogP contribution is -2.57. The lowest BCUT2D eigenvalue weighted by Gasteiger charge is -2.46. The van der Waals surface area contributed by atoms with Crippen molar-refractivity contribution >= 4 is 11.8 Å². The first-order chi connectivity index (χ1) is 22.4. The van der Waals surface area contributed by atoms with Crippen LogP contribution in [0.1, 0.15) is 74.7 Å². The summed E-state index contributed by atoms with van der Waals surface area (Å²) in [6, 6.07) is -0.219. The molecule has 0 bridgehead atoms. The first-order valence-corrected chi connectivity index (χ1v) is 17.7. The Morgan fingerprint density at radius 3 is 2.02 bits per heavy atom. The number of hydrogen-bond acceptors (Lipinski definition) is 13. The lowest BCUT2D eigenvalue weighted by molar-refractivity contribution is -0.299. The van der Waals surface area contributed by atoms with E-state index in [1.54, 1.807) is 34.6 Å². The SMILES string of the molecule is CO[C@@H]1C[C@H](O[C@H]2[C@H](C)[C@@H](O[C@@H]3O[C@H](C)C[C@H](N(C)C)[C@@H]3O)[C@@H](C)C[C@]3(CO3)C(=O)[C@H](C)[C@@H](O)[C@@H](C)[C@@H](C)OC(=O)[C@@H]2C)O[C@H](C)[C@H]1O. The van der Waals surface area contributed by atoms with Gasteiger partial charge in [0.1, 0.15) is 18.3 Å². The topological polar surface area (TPSA) is 166 Å². The van der Waals surface area contributed by atoms with Gasteiger partial charge in [-0.2, -0.15) is 0 Å². The first kappa shape index (κ1) is 39.5. The molecule has 0 saturated carbocycles. The van der Waals surface area contributed by atoms with Crippen molar-refractivity contribution in [3.05, 3.63) is 0 Å². The van der Waals surface area contributed by atoms with E-state index < -0.39 is 96.7 Å². The molecule has 18 atom stereocenters. The molecule has 48 heavy (non-hydrogen) atoms. The second-order valence-electron chi connectivity index (χ2n) is 15.3. The molecule has 13 nitrogen and oxygen atoms in total. The number of ketones is 1. The second-order valence-corrected chi connectivity index (χ2v) is 15.3. The highest BCUT2D eigenvalue weighted by molar-refractivity contribution is 5.92. The van der Waals surface area contributed by atoms with E-state index in [-0.39, 0.29) is 43.3 Å². The maximum Gasteiger partial charge on any atom is 0.311 e. The summed E-state index contributed by atoms with van der Waals surface area (Å²) in [5.74, 6) is -3.74. The monoisotopic (exact) mass is 687 g/mol. The molecule has 0 amide bonds. The van der Waals surface area contributed by atoms with Gasteiger partial charge < -0.3 is 53.4 Å². The van der Waals surface area contributed by atoms with Gasteiger partial charge >= 0.3 is 5.97 Å². The molecule has 0 aromatic carbocycles. The van der Waals surface area contributed by atoms with Crippen LogP contribution in [-0.2, 0) is 42.7 Å². The van der Waals surface area contributed by atoms with Crippen LogP contribution in [0.3, 0.4) is 0 Å². The van der Waals surface area contributed by atoms with Gasteiger partial charge in [0.05, 0.1) is 49.1 Å². The van der Waals surface area contributed by atoms with Crippen molar-refractivity contribution in [2.75, 3.05) is 27.8 Å². The maximum atomic E-state index is 13.9. The summed E-state index contributed by atoms with van der Waals surface area (Å²) in [5.41, 5.74) is -1.10. The Balaban J connectivity index is 1.75. The number of likely N-dealkylation sites (N-methyl/N-ethyl adjacent to an activating group) is 1. The number of methoxy groups -OCH3 is 1. The minimum absolute atomic E-state index is 0.198. The Bertz CT molecular complexity index is 1090. The Kier molecular flexibility index (Phi) is 13.1. The minimum atomic E-state index is -1.10. The molecule has 4 heterocycles. The van der Waals surface area contributed by atoms with Crippen LogP contribution in [0.15, 0.2) is 0 Å². The number of ether oxygens (including phenoxy) is 7. The standard InChI is InChI=1S/C35H61NO12/c1-16-14-35(15-43-35)32(40)19(4)27(37)18(3)22(7)46-33(41)21(6)31(47-26-13-25(42-11)28(38)23(8)45-26)20(5)30(16)48-34-29(39)24(36(9)10)12-17(2)44-34/h16-31,34,37-39H,12-15H2,1-11H3/t16-,17+,18-,19+,20+,21+,22+,23+,24-,25+,26-,27-,28+,29-,30-,31-,34-,35-/m0/s1. The lowest BCUT2D eigenvalue weighted by atomic mass is 9.76. The molecule has 3 N–H and O–H groups in total. The van der Waals surface area contributed by atoms with Crippen LogP contribution < -0.4 is 0 Å². The van der Waals surface area contributed by atoms with Crippen LogP contribution in [0.5, 0.6) is 0 Å². The quantitative estimate of drug-likeness (QED) is 0.274. The molecule has 4 saturated heterocycles. The van der Waals surface area contributed by atoms with Crippen LogP contribution in [0.2, 0.25) is 0 Å². The summed E-state index contributed by atoms with van der Waals surface area (Å²) in [5, 5.41) is 33.3. The van der Waals surface area contributed by atoms with Gasteiger partial charge in [-0.25, -0.2) is 0 Å². The van der Waals surface area contributed by atoms with Gasteiger partial charge in [0, 0.05) is 37.3 Å². The highest BCUT2D eigenvalue weighted by Gasteiger charge is 2.57. The summed E-state index contributed by atoms with van der Waals surface area (Å²) in [6.07, 6.45) is -7.15. The van der Waals surface area contributed by atoms with E-state index in [1.807, 2.05) is 39.8 Å². The molecular weight excluding hydrogens is 626 g/mol. The van der Waals surface area contributed by atoms with E-state index in [4.69, 9.17) is 33.2 Å². The molecule has 0 aromatic heterocycles. The molecule has 4 aliphatic rings. The van der Waals surface area contributed by atoms with Crippen molar-refractivity contribution in [3.8, 4) is 0 Å². The van der Waals surface area contributed by atoms with Gasteiger partial charge in [-0.05, 0) is 60.5 Å². The van der Waals surface area contributed by atoms with E-state index in [0.717, 1.165) is 0 Å². The molecule has 4 fully saturated rings. The van der Waals surface area contributed by atoms with Crippen molar-refractivity contribution in [3.63, 3.8) is 0 Å². The van der Waals surface area contributed by atoms with E-state index in [9.17, 15) is 24.9 Å². The van der Waals surface area contributed by atoms with Crippen LogP contribution in [0, 0.1) is 29.6 Å². The predicted octanol–water partition coefficient (Wildman–Crippen LogP) is 1.91. The third-order valence-corrected chi connectivity index (χ3v) is 11.4. The van der Waals surface area contributed by atoms with Crippen LogP contribution in [-0.4, -0.2) is 139 Å². The smallest absolute Gasteiger partial charge is 0.311 e. The van der Waals surface area contributed by atoms with Gasteiger partial charge in [0.25, 0.3) is 0 Å². The number of epoxide rings is 1. The number of aliphatic hydroxyl groups is 3. The highest BCUT2D eigenvalue weighted by Crippen LogP contribution is 2.43. The third kappa shape index (κ3) is 8.43. The first-order valence-electron chi connectivity index (χ1n) is 17.7. The number of cyclic esters (lactones) is 1. The molecular formula is C35H61NO12. The van der Waals surface area contributed by atoms with Crippen LogP contribution in [0.25, 0.3) is 0 Å². The van der Waals surface area contributed by atoms with Crippen LogP contribution in [0.4, 0.5) is 0 Å². The van der Waals surface area contributed by atoms with E-state index in [2.05, 4.69) is 0 Å². The average Bonchev–Trinajstić information content (AvgIpc) is 3.82. The molecule has 4 aliphatic heterocycles. The largest absolute Gasteiger partial charge is 0.462 e. The molecule has 13 heteroatoms. The zero-order valence-electron chi connectivity index (χ0n) is 30.6. The molecule has 0 aliphatic carbocycles. The van der Waals surface area contributed by atoms with Gasteiger partial charge in [-0.3, -0.25) is 9.59 Å². The number of esters is 1. The van der Waals surface area contributed by atoms with E-state index >= 15 is 0 Å². The van der Waals surface area contributed by atoms with Gasteiger partial charge in [0.2, 0.25) is 0 Å². The van der Waals surface area contributed by atoms with Gasteiger partial charge in [-0.15, -0.1) is 0 Å². The minimum Gasteiger partial charge on any atom is -0.462 e. The molecule has 0 unspecified atom stereocenters. The highest BCUT2D eigenvalue weighted by atomic mass is 16.7. The third-order valence-electron chi connectivity index (χ3n) is 11.4. The average molecular weight is 688 g/mol. The fraction of sp³-hybridized carbons (Fsp3) is 0.943. The van der Waals surface area contributed by atoms with Crippen molar-refractivity contribution < 1.29 is 58.1 Å². The Labute approximate surface area is 285 Å². The van der Waals surface area contributed by atoms with Crippen LogP contribution >= 0.6 is 0 Å². The summed E-state index contributed by atoms with van der Waals surface area (Å²) in [4.78, 5) is 29.7. The number of Topliss-reactive ketones (excluding diaryl/α,β-unsaturated/α-hetero) is 1. The summed E-state index contributed by atoms with van der Waals surface area (Å²) >= 11 is 0. The number of rotatable bonds is 6. The fourth-order valence-electron chi connectivity index (χ4n) is 7.89. The summed E-state index contributed by atoms with van der Waals surface area (Å²) in [6.45, 7) is 14.6. The molecule has 4 rings (SSSR count). The Morgan fingerprint density at radius 2 is 1.44 bits per heavy atom. The molecule has 0 aromatic rings. The van der Waals surface area contributed by atoms with E-state index in [0.29, 0.717) is 6.42 Å². The zero-order chi connectivity index (χ0) is 35.8. The van der Waals surface area contributed by atoms with Crippen molar-refractivity contribution in [1.29, 1.82) is 0 Å². The van der Waals surface area contributed by atoms with Gasteiger partial charge in [0.15, 0.2) is 24.0 Å². The number of hydrogen-bond donors (Lipinski definition) is 3. The Hall–Kier alpha value is -1.26. The number of carbonyl (C=O) groups is 2. The molecule has 1 spiro atoms. The van der Waals surface area contributed by atoms with Crippen molar-refractivity contribution in [2.24, 2.45) is 29.6 Å². The van der Waals surface area contributed by atoms with E-state index in [1.165, 1.54) is 7.11 Å². The predicted molar refractivity (Wildman–Crippen MR) is 174 cm³/mol. The number of aliphatic hydroxyl groups excluding tert-OH is 3. The number of carbonyl (C=O) groups excluding carboxylic acids is 2. The van der Waals surface area contributed by atoms with Crippen molar-refractivity contribution in [1.82, 2.24) is 4.90 Å². The normalized spacial score (nSPS) is 49.9. The zero-order valence-corrected chi connectivity index (χ0v) is 30.6. The fourth-order valence-corrected chi connectivity index (χ4v) is 7.89. The summed E-state index contributed by atoms with van der Waals surface area (Å²) in [7, 11) is 5.32. The second kappa shape index (κ2) is 16.0. The molecule has 278 valence electrons. The van der Waals surface area contributed by atoms with Crippen molar-refractivity contribution in [2.45, 2.75) is 154 Å². The summed E-state index contributed by atoms with van der Waals surface area (Å²) < 4.78 is 43.0. The Morgan fingerprint density at radius 1 is 0.792 bits per heavy atom.